The molecule has 2 aliphatic heterocycles. The number of benzene rings is 1. The zero-order valence-corrected chi connectivity index (χ0v) is 13.4. The van der Waals surface area contributed by atoms with E-state index in [1.165, 1.54) is 6.20 Å². The van der Waals surface area contributed by atoms with Crippen LogP contribution in [-0.2, 0) is 19.9 Å². The smallest absolute Gasteiger partial charge is 0.323 e. The first-order valence-corrected chi connectivity index (χ1v) is 7.77. The van der Waals surface area contributed by atoms with E-state index in [1.54, 1.807) is 42.6 Å². The summed E-state index contributed by atoms with van der Waals surface area (Å²) in [4.78, 5) is 54.7. The topological polar surface area (TPSA) is 121 Å². The van der Waals surface area contributed by atoms with E-state index in [0.717, 1.165) is 4.90 Å². The van der Waals surface area contributed by atoms with Crippen LogP contribution < -0.4 is 16.0 Å². The number of aromatic nitrogens is 1. The lowest BCUT2D eigenvalue weighted by Gasteiger charge is -2.29. The number of anilines is 2. The number of nitrogens with one attached hydrogen (secondary N) is 3. The summed E-state index contributed by atoms with van der Waals surface area (Å²) >= 11 is 0. The highest BCUT2D eigenvalue weighted by molar-refractivity contribution is 6.27. The number of hydrogen-bond acceptors (Lipinski definition) is 5. The fraction of sp³-hybridized carbons (Fsp3) is 0.118. The summed E-state index contributed by atoms with van der Waals surface area (Å²) in [6.45, 7) is -0.478. The molecule has 0 bridgehead atoms. The van der Waals surface area contributed by atoms with Crippen LogP contribution in [0.25, 0.3) is 0 Å². The van der Waals surface area contributed by atoms with Crippen molar-refractivity contribution in [1.82, 2.24) is 15.2 Å². The van der Waals surface area contributed by atoms with Gasteiger partial charge in [0.1, 0.15) is 6.54 Å². The van der Waals surface area contributed by atoms with Gasteiger partial charge in [0.25, 0.3) is 11.8 Å². The van der Waals surface area contributed by atoms with Gasteiger partial charge in [0.2, 0.25) is 11.4 Å². The number of fused-ring (bicyclic) bond motifs is 2. The van der Waals surface area contributed by atoms with Gasteiger partial charge >= 0.3 is 6.03 Å². The minimum Gasteiger partial charge on any atom is -0.323 e. The van der Waals surface area contributed by atoms with Crippen LogP contribution in [0.4, 0.5) is 16.2 Å². The van der Waals surface area contributed by atoms with Crippen molar-refractivity contribution in [3.05, 3.63) is 54.4 Å². The van der Waals surface area contributed by atoms with Gasteiger partial charge < -0.3 is 10.6 Å². The number of rotatable bonds is 3. The molecule has 2 aliphatic rings. The molecule has 1 spiro atoms. The van der Waals surface area contributed by atoms with Gasteiger partial charge in [-0.3, -0.25) is 29.6 Å². The van der Waals surface area contributed by atoms with Crippen molar-refractivity contribution in [3.63, 3.8) is 0 Å². The first-order valence-electron chi connectivity index (χ1n) is 7.77. The molecule has 1 aromatic carbocycles. The number of pyridine rings is 1. The third-order valence-corrected chi connectivity index (χ3v) is 4.34. The van der Waals surface area contributed by atoms with Crippen LogP contribution >= 0.6 is 0 Å². The van der Waals surface area contributed by atoms with Crippen LogP contribution in [0.2, 0.25) is 0 Å². The first kappa shape index (κ1) is 15.8. The molecule has 9 heteroatoms. The van der Waals surface area contributed by atoms with Crippen LogP contribution in [0, 0.1) is 0 Å². The number of imide groups is 1. The highest BCUT2D eigenvalue weighted by atomic mass is 16.2. The molecule has 0 aliphatic carbocycles. The summed E-state index contributed by atoms with van der Waals surface area (Å²) in [7, 11) is 0. The predicted molar refractivity (Wildman–Crippen MR) is 89.9 cm³/mol. The molecule has 1 atom stereocenters. The molecular formula is C17H13N5O4. The van der Waals surface area contributed by atoms with E-state index in [-0.39, 0.29) is 0 Å². The van der Waals surface area contributed by atoms with Crippen LogP contribution in [-0.4, -0.2) is 40.2 Å². The molecule has 1 fully saturated rings. The number of carbonyl (C=O) groups is 4. The minimum atomic E-state index is -1.89. The molecule has 130 valence electrons. The monoisotopic (exact) mass is 351 g/mol. The average molecular weight is 351 g/mol. The second kappa shape index (κ2) is 5.66. The van der Waals surface area contributed by atoms with Gasteiger partial charge in [-0.1, -0.05) is 18.2 Å². The summed E-state index contributed by atoms with van der Waals surface area (Å²) in [5, 5.41) is 7.32. The fourth-order valence-electron chi connectivity index (χ4n) is 3.24. The second-order valence-electron chi connectivity index (χ2n) is 5.85. The number of carbonyl (C=O) groups excluding carboxylic acids is 4. The van der Waals surface area contributed by atoms with Gasteiger partial charge in [-0.05, 0) is 18.2 Å². The van der Waals surface area contributed by atoms with E-state index < -0.39 is 35.8 Å². The lowest BCUT2D eigenvalue weighted by molar-refractivity contribution is -0.137. The van der Waals surface area contributed by atoms with Crippen molar-refractivity contribution in [3.8, 4) is 0 Å². The lowest BCUT2D eigenvalue weighted by Crippen LogP contribution is -2.54. The summed E-state index contributed by atoms with van der Waals surface area (Å²) < 4.78 is 0. The van der Waals surface area contributed by atoms with Crippen molar-refractivity contribution in [1.29, 1.82) is 0 Å². The van der Waals surface area contributed by atoms with E-state index >= 15 is 0 Å². The molecule has 0 unspecified atom stereocenters. The Kier molecular flexibility index (Phi) is 3.43. The molecule has 0 saturated carbocycles. The number of para-hydroxylation sites is 1. The quantitative estimate of drug-likeness (QED) is 0.547. The summed E-state index contributed by atoms with van der Waals surface area (Å²) in [5.74, 6) is -2.00. The number of amides is 5. The van der Waals surface area contributed by atoms with Crippen molar-refractivity contribution >= 4 is 35.1 Å². The SMILES string of the molecule is O=C(CN1C(=O)NC(=O)[C@@]12C(=O)Nc1ccccc12)Nc1cccnc1. The molecule has 4 rings (SSSR count). The molecule has 3 N–H and O–H groups in total. The van der Waals surface area contributed by atoms with Crippen molar-refractivity contribution < 1.29 is 19.2 Å². The van der Waals surface area contributed by atoms with Crippen molar-refractivity contribution in [2.45, 2.75) is 5.54 Å². The molecular weight excluding hydrogens is 338 g/mol. The molecule has 0 radical (unpaired) electrons. The molecule has 2 aromatic rings. The van der Waals surface area contributed by atoms with Gasteiger partial charge in [-0.25, -0.2) is 4.79 Å². The number of urea groups is 1. The van der Waals surface area contributed by atoms with Crippen LogP contribution in [0.3, 0.4) is 0 Å². The fourth-order valence-corrected chi connectivity index (χ4v) is 3.24. The number of nitrogens with zero attached hydrogens (tertiary/aromatic N) is 2. The molecule has 9 nitrogen and oxygen atoms in total. The first-order chi connectivity index (χ1) is 12.5. The average Bonchev–Trinajstić information content (AvgIpc) is 3.05. The highest BCUT2D eigenvalue weighted by Gasteiger charge is 2.63. The Balaban J connectivity index is 1.68. The Morgan fingerprint density at radius 1 is 1.08 bits per heavy atom. The van der Waals surface area contributed by atoms with E-state index in [1.807, 2.05) is 0 Å². The van der Waals surface area contributed by atoms with Gasteiger partial charge in [-0.2, -0.15) is 0 Å². The zero-order chi connectivity index (χ0) is 18.3. The van der Waals surface area contributed by atoms with Crippen LogP contribution in [0.5, 0.6) is 0 Å². The predicted octanol–water partition coefficient (Wildman–Crippen LogP) is 0.419. The third kappa shape index (κ3) is 2.14. The number of hydrogen-bond donors (Lipinski definition) is 3. The summed E-state index contributed by atoms with van der Waals surface area (Å²) in [6, 6.07) is 9.04. The maximum atomic E-state index is 12.7. The van der Waals surface area contributed by atoms with E-state index in [9.17, 15) is 19.2 Å². The van der Waals surface area contributed by atoms with Crippen molar-refractivity contribution in [2.24, 2.45) is 0 Å². The van der Waals surface area contributed by atoms with Gasteiger partial charge in [0, 0.05) is 17.4 Å². The molecule has 5 amide bonds. The molecule has 1 saturated heterocycles. The van der Waals surface area contributed by atoms with Crippen molar-refractivity contribution in [2.75, 3.05) is 17.2 Å². The largest absolute Gasteiger partial charge is 0.326 e. The zero-order valence-electron chi connectivity index (χ0n) is 13.4. The van der Waals surface area contributed by atoms with Gasteiger partial charge in [-0.15, -0.1) is 0 Å². The van der Waals surface area contributed by atoms with Crippen LogP contribution in [0.1, 0.15) is 5.56 Å². The minimum absolute atomic E-state index is 0.336. The summed E-state index contributed by atoms with van der Waals surface area (Å²) in [5.41, 5.74) is -0.684. The molecule has 3 heterocycles. The van der Waals surface area contributed by atoms with E-state index in [2.05, 4.69) is 20.9 Å². The maximum Gasteiger partial charge on any atom is 0.326 e. The Bertz CT molecular complexity index is 945. The van der Waals surface area contributed by atoms with E-state index in [0.29, 0.717) is 16.9 Å². The second-order valence-corrected chi connectivity index (χ2v) is 5.85. The molecule has 26 heavy (non-hydrogen) atoms. The Hall–Kier alpha value is -3.75. The standard InChI is InChI=1S/C17H13N5O4/c23-13(19-10-4-3-7-18-8-10)9-22-16(26)21-15(25)17(22)11-5-1-2-6-12(11)20-14(17)24/h1-8H,9H2,(H,19,23)(H,20,24)(H,21,25,26)/t17-/m1/s1. The van der Waals surface area contributed by atoms with Crippen LogP contribution in [0.15, 0.2) is 48.8 Å². The van der Waals surface area contributed by atoms with Gasteiger partial charge in [0.15, 0.2) is 0 Å². The normalized spacial score (nSPS) is 20.8. The Morgan fingerprint density at radius 3 is 2.62 bits per heavy atom. The lowest BCUT2D eigenvalue weighted by atomic mass is 9.90. The highest BCUT2D eigenvalue weighted by Crippen LogP contribution is 2.43. The third-order valence-electron chi connectivity index (χ3n) is 4.34. The van der Waals surface area contributed by atoms with Gasteiger partial charge in [0.05, 0.1) is 11.9 Å². The molecule has 1 aromatic heterocycles. The maximum absolute atomic E-state index is 12.7. The Labute approximate surface area is 147 Å². The summed E-state index contributed by atoms with van der Waals surface area (Å²) in [6.07, 6.45) is 3.00. The Morgan fingerprint density at radius 2 is 1.85 bits per heavy atom. The van der Waals surface area contributed by atoms with E-state index in [4.69, 9.17) is 0 Å².